The molecule has 0 saturated carbocycles. The minimum atomic E-state index is -0.239. The molecule has 0 spiro atoms. The predicted octanol–water partition coefficient (Wildman–Crippen LogP) is 4.67. The van der Waals surface area contributed by atoms with Crippen LogP contribution in [0.3, 0.4) is 0 Å². The Morgan fingerprint density at radius 3 is 2.62 bits per heavy atom. The molecule has 0 radical (unpaired) electrons. The lowest BCUT2D eigenvalue weighted by molar-refractivity contribution is 0.457. The van der Waals surface area contributed by atoms with Gasteiger partial charge in [0, 0.05) is 12.1 Å². The zero-order chi connectivity index (χ0) is 15.2. The van der Waals surface area contributed by atoms with Gasteiger partial charge in [0.05, 0.1) is 0 Å². The van der Waals surface area contributed by atoms with E-state index >= 15 is 0 Å². The van der Waals surface area contributed by atoms with Gasteiger partial charge in [0.15, 0.2) is 0 Å². The lowest BCUT2D eigenvalue weighted by Crippen LogP contribution is -2.20. The zero-order valence-corrected chi connectivity index (χ0v) is 12.8. The van der Waals surface area contributed by atoms with Crippen LogP contribution in [0.2, 0.25) is 0 Å². The third-order valence-electron chi connectivity index (χ3n) is 3.15. The molecule has 112 valence electrons. The molecule has 0 unspecified atom stereocenters. The summed E-state index contributed by atoms with van der Waals surface area (Å²) in [5, 5.41) is 3.26. The van der Waals surface area contributed by atoms with Crippen LogP contribution in [-0.2, 0) is 6.54 Å². The largest absolute Gasteiger partial charge is 0.457 e. The number of benzene rings is 2. The highest BCUT2D eigenvalue weighted by molar-refractivity contribution is 5.39. The number of nitrogens with one attached hydrogen (secondary N) is 1. The lowest BCUT2D eigenvalue weighted by Gasteiger charge is -2.14. The van der Waals surface area contributed by atoms with Gasteiger partial charge < -0.3 is 10.1 Å². The quantitative estimate of drug-likeness (QED) is 0.833. The van der Waals surface area contributed by atoms with Crippen molar-refractivity contribution in [1.82, 2.24) is 5.32 Å². The minimum Gasteiger partial charge on any atom is -0.457 e. The second-order valence-electron chi connectivity index (χ2n) is 5.66. The number of rotatable bonds is 6. The topological polar surface area (TPSA) is 21.3 Å². The van der Waals surface area contributed by atoms with E-state index in [4.69, 9.17) is 4.74 Å². The molecule has 0 aliphatic carbocycles. The monoisotopic (exact) mass is 287 g/mol. The zero-order valence-electron chi connectivity index (χ0n) is 12.8. The van der Waals surface area contributed by atoms with Crippen molar-refractivity contribution in [2.45, 2.75) is 27.3 Å². The molecule has 3 heteroatoms. The van der Waals surface area contributed by atoms with Crippen molar-refractivity contribution in [2.75, 3.05) is 6.54 Å². The summed E-state index contributed by atoms with van der Waals surface area (Å²) in [5.41, 5.74) is 1.68. The molecule has 2 rings (SSSR count). The van der Waals surface area contributed by atoms with Crippen LogP contribution >= 0.6 is 0 Å². The maximum atomic E-state index is 14.0. The first-order valence-electron chi connectivity index (χ1n) is 7.29. The Hall–Kier alpha value is -1.87. The lowest BCUT2D eigenvalue weighted by atomic mass is 10.1. The van der Waals surface area contributed by atoms with Crippen LogP contribution in [0.5, 0.6) is 11.5 Å². The number of hydrogen-bond acceptors (Lipinski definition) is 2. The van der Waals surface area contributed by atoms with Gasteiger partial charge in [0.25, 0.3) is 0 Å². The van der Waals surface area contributed by atoms with E-state index in [0.29, 0.717) is 23.8 Å². The average molecular weight is 287 g/mol. The van der Waals surface area contributed by atoms with Crippen LogP contribution < -0.4 is 10.1 Å². The molecule has 0 saturated heterocycles. The second kappa shape index (κ2) is 7.23. The summed E-state index contributed by atoms with van der Waals surface area (Å²) in [7, 11) is 0. The third kappa shape index (κ3) is 4.57. The van der Waals surface area contributed by atoms with Gasteiger partial charge in [-0.15, -0.1) is 0 Å². The van der Waals surface area contributed by atoms with E-state index in [9.17, 15) is 4.39 Å². The van der Waals surface area contributed by atoms with E-state index in [1.807, 2.05) is 31.2 Å². The standard InChI is InChI=1S/C18H22FNO/c1-13(2)11-20-12-16-17(19)8-5-9-18(16)21-15-7-4-6-14(3)10-15/h4-10,13,20H,11-12H2,1-3H3. The first-order valence-corrected chi connectivity index (χ1v) is 7.29. The highest BCUT2D eigenvalue weighted by Gasteiger charge is 2.10. The summed E-state index contributed by atoms with van der Waals surface area (Å²) in [6.07, 6.45) is 0. The molecule has 21 heavy (non-hydrogen) atoms. The Kier molecular flexibility index (Phi) is 5.34. The molecule has 1 N–H and O–H groups in total. The van der Waals surface area contributed by atoms with Crippen molar-refractivity contribution in [3.05, 3.63) is 59.4 Å². The SMILES string of the molecule is Cc1cccc(Oc2cccc(F)c2CNCC(C)C)c1. The maximum Gasteiger partial charge on any atom is 0.134 e. The molecule has 0 fully saturated rings. The summed E-state index contributed by atoms with van der Waals surface area (Å²) in [4.78, 5) is 0. The number of halogens is 1. The molecule has 0 aromatic heterocycles. The smallest absolute Gasteiger partial charge is 0.134 e. The van der Waals surface area contributed by atoms with Crippen molar-refractivity contribution in [3.8, 4) is 11.5 Å². The molecule has 2 nitrogen and oxygen atoms in total. The first-order chi connectivity index (χ1) is 10.1. The van der Waals surface area contributed by atoms with Gasteiger partial charge in [-0.25, -0.2) is 4.39 Å². The van der Waals surface area contributed by atoms with Gasteiger partial charge in [-0.05, 0) is 49.2 Å². The predicted molar refractivity (Wildman–Crippen MR) is 84.2 cm³/mol. The maximum absolute atomic E-state index is 14.0. The van der Waals surface area contributed by atoms with Crippen LogP contribution in [-0.4, -0.2) is 6.54 Å². The summed E-state index contributed by atoms with van der Waals surface area (Å²) in [6, 6.07) is 12.7. The van der Waals surface area contributed by atoms with Gasteiger partial charge in [-0.1, -0.05) is 32.0 Å². The Bertz CT molecular complexity index is 596. The molecule has 2 aromatic rings. The molecule has 0 amide bonds. The Morgan fingerprint density at radius 2 is 1.90 bits per heavy atom. The molecular formula is C18H22FNO. The van der Waals surface area contributed by atoms with Crippen LogP contribution in [0, 0.1) is 18.7 Å². The van der Waals surface area contributed by atoms with Gasteiger partial charge in [-0.3, -0.25) is 0 Å². The summed E-state index contributed by atoms with van der Waals surface area (Å²) < 4.78 is 19.9. The van der Waals surface area contributed by atoms with Crippen LogP contribution in [0.25, 0.3) is 0 Å². The van der Waals surface area contributed by atoms with Crippen LogP contribution in [0.4, 0.5) is 4.39 Å². The van der Waals surface area contributed by atoms with Gasteiger partial charge in [0.1, 0.15) is 17.3 Å². The molecule has 0 heterocycles. The molecule has 0 aliphatic heterocycles. The van der Waals surface area contributed by atoms with Crippen molar-refractivity contribution >= 4 is 0 Å². The number of hydrogen-bond donors (Lipinski definition) is 1. The van der Waals surface area contributed by atoms with E-state index in [-0.39, 0.29) is 5.82 Å². The molecule has 0 aliphatic rings. The summed E-state index contributed by atoms with van der Waals surface area (Å²) in [6.45, 7) is 7.56. The normalized spacial score (nSPS) is 10.9. The van der Waals surface area contributed by atoms with Crippen molar-refractivity contribution in [2.24, 2.45) is 5.92 Å². The van der Waals surface area contributed by atoms with Gasteiger partial charge >= 0.3 is 0 Å². The van der Waals surface area contributed by atoms with E-state index in [0.717, 1.165) is 17.9 Å². The van der Waals surface area contributed by atoms with Gasteiger partial charge in [0.2, 0.25) is 0 Å². The first kappa shape index (κ1) is 15.5. The van der Waals surface area contributed by atoms with E-state index < -0.39 is 0 Å². The molecule has 0 bridgehead atoms. The van der Waals surface area contributed by atoms with Crippen LogP contribution in [0.1, 0.15) is 25.0 Å². The highest BCUT2D eigenvalue weighted by Crippen LogP contribution is 2.27. The van der Waals surface area contributed by atoms with Crippen molar-refractivity contribution < 1.29 is 9.13 Å². The molecular weight excluding hydrogens is 265 g/mol. The Morgan fingerprint density at radius 1 is 1.14 bits per heavy atom. The fourth-order valence-corrected chi connectivity index (χ4v) is 2.10. The fraction of sp³-hybridized carbons (Fsp3) is 0.333. The van der Waals surface area contributed by atoms with E-state index in [2.05, 4.69) is 19.2 Å². The summed E-state index contributed by atoms with van der Waals surface area (Å²) in [5.74, 6) is 1.58. The van der Waals surface area contributed by atoms with E-state index in [1.165, 1.54) is 6.07 Å². The Labute approximate surface area is 126 Å². The van der Waals surface area contributed by atoms with Crippen LogP contribution in [0.15, 0.2) is 42.5 Å². The second-order valence-corrected chi connectivity index (χ2v) is 5.66. The average Bonchev–Trinajstić information content (AvgIpc) is 2.41. The number of ether oxygens (including phenoxy) is 1. The van der Waals surface area contributed by atoms with Crippen molar-refractivity contribution in [1.29, 1.82) is 0 Å². The fourth-order valence-electron chi connectivity index (χ4n) is 2.10. The highest BCUT2D eigenvalue weighted by atomic mass is 19.1. The molecule has 0 atom stereocenters. The molecule has 2 aromatic carbocycles. The summed E-state index contributed by atoms with van der Waals surface area (Å²) >= 11 is 0. The Balaban J connectivity index is 2.16. The van der Waals surface area contributed by atoms with Crippen molar-refractivity contribution in [3.63, 3.8) is 0 Å². The van der Waals surface area contributed by atoms with Gasteiger partial charge in [-0.2, -0.15) is 0 Å². The number of aryl methyl sites for hydroxylation is 1. The minimum absolute atomic E-state index is 0.239. The third-order valence-corrected chi connectivity index (χ3v) is 3.15. The van der Waals surface area contributed by atoms with E-state index in [1.54, 1.807) is 12.1 Å².